The van der Waals surface area contributed by atoms with Crippen molar-refractivity contribution in [3.63, 3.8) is 0 Å². The van der Waals surface area contributed by atoms with Crippen molar-refractivity contribution in [2.45, 2.75) is 25.7 Å². The Morgan fingerprint density at radius 2 is 2.27 bits per heavy atom. The van der Waals surface area contributed by atoms with Gasteiger partial charge in [0.1, 0.15) is 6.33 Å². The molecule has 0 fully saturated rings. The van der Waals surface area contributed by atoms with Crippen LogP contribution < -0.4 is 0 Å². The van der Waals surface area contributed by atoms with Gasteiger partial charge < -0.3 is 0 Å². The molecule has 1 aliphatic rings. The van der Waals surface area contributed by atoms with Crippen molar-refractivity contribution in [2.24, 2.45) is 0 Å². The monoisotopic (exact) mass is 168 g/mol. The first kappa shape index (κ1) is 7.22. The third-order valence-corrected chi connectivity index (χ3v) is 2.90. The summed E-state index contributed by atoms with van der Waals surface area (Å²) < 4.78 is 2.19. The van der Waals surface area contributed by atoms with Crippen LogP contribution in [0.25, 0.3) is 0 Å². The minimum atomic E-state index is 1.18. The molecule has 1 aromatic rings. The molecule has 0 N–H and O–H groups in total. The second-order valence-corrected chi connectivity index (χ2v) is 3.61. The van der Waals surface area contributed by atoms with Gasteiger partial charge in [-0.3, -0.25) is 3.97 Å². The fourth-order valence-electron chi connectivity index (χ4n) is 1.60. The minimum absolute atomic E-state index is 1.18. The molecule has 0 unspecified atom stereocenters. The predicted molar refractivity (Wildman–Crippen MR) is 47.8 cm³/mol. The van der Waals surface area contributed by atoms with E-state index >= 15 is 0 Å². The third-order valence-electron chi connectivity index (χ3n) is 2.19. The molecule has 0 aliphatic heterocycles. The maximum atomic E-state index is 4.37. The molecule has 2 rings (SSSR count). The first-order valence-electron chi connectivity index (χ1n) is 4.01. The van der Waals surface area contributed by atoms with Crippen LogP contribution in [0.5, 0.6) is 0 Å². The molecule has 0 aromatic carbocycles. The Balaban J connectivity index is 2.38. The second kappa shape index (κ2) is 2.89. The lowest BCUT2D eigenvalue weighted by Crippen LogP contribution is -2.04. The molecule has 3 heteroatoms. The topological polar surface area (TPSA) is 17.8 Å². The minimum Gasteiger partial charge on any atom is -0.277 e. The summed E-state index contributed by atoms with van der Waals surface area (Å²) in [5.74, 6) is 0. The lowest BCUT2D eigenvalue weighted by Gasteiger charge is -2.11. The number of hydrogen-bond donors (Lipinski definition) is 0. The van der Waals surface area contributed by atoms with E-state index in [0.717, 1.165) is 0 Å². The van der Waals surface area contributed by atoms with Gasteiger partial charge in [0.05, 0.1) is 11.4 Å². The lowest BCUT2D eigenvalue weighted by atomic mass is 10.0. The summed E-state index contributed by atoms with van der Waals surface area (Å²) in [5.41, 5.74) is 2.77. The summed E-state index contributed by atoms with van der Waals surface area (Å²) in [6, 6.07) is 0. The molecule has 1 aliphatic carbocycles. The molecule has 0 spiro atoms. The van der Waals surface area contributed by atoms with Crippen LogP contribution in [0.2, 0.25) is 0 Å². The smallest absolute Gasteiger partial charge is 0.105 e. The average Bonchev–Trinajstić information content (AvgIpc) is 2.47. The van der Waals surface area contributed by atoms with Gasteiger partial charge in [-0.2, -0.15) is 0 Å². The molecule has 1 aromatic heterocycles. The highest BCUT2D eigenvalue weighted by Crippen LogP contribution is 2.21. The third kappa shape index (κ3) is 1.18. The summed E-state index contributed by atoms with van der Waals surface area (Å²) in [4.78, 5) is 4.37. The molecule has 1 heterocycles. The van der Waals surface area contributed by atoms with Crippen LogP contribution >= 0.6 is 11.9 Å². The van der Waals surface area contributed by atoms with E-state index in [9.17, 15) is 0 Å². The molecule has 11 heavy (non-hydrogen) atoms. The van der Waals surface area contributed by atoms with Crippen LogP contribution in [-0.4, -0.2) is 15.2 Å². The zero-order chi connectivity index (χ0) is 7.68. The summed E-state index contributed by atoms with van der Waals surface area (Å²) >= 11 is 1.74. The number of aromatic nitrogens is 2. The van der Waals surface area contributed by atoms with Crippen molar-refractivity contribution in [1.82, 2.24) is 8.96 Å². The molecular weight excluding hydrogens is 156 g/mol. The Morgan fingerprint density at radius 3 is 3.09 bits per heavy atom. The van der Waals surface area contributed by atoms with E-state index in [-0.39, 0.29) is 0 Å². The highest BCUT2D eigenvalue weighted by molar-refractivity contribution is 7.97. The Morgan fingerprint density at radius 1 is 1.45 bits per heavy atom. The van der Waals surface area contributed by atoms with Crippen LogP contribution in [0.1, 0.15) is 24.2 Å². The maximum absolute atomic E-state index is 4.37. The van der Waals surface area contributed by atoms with Crippen LogP contribution in [0.3, 0.4) is 0 Å². The maximum Gasteiger partial charge on any atom is 0.105 e. The molecule has 60 valence electrons. The largest absolute Gasteiger partial charge is 0.277 e. The van der Waals surface area contributed by atoms with Gasteiger partial charge in [0.15, 0.2) is 0 Å². The quantitative estimate of drug-likeness (QED) is 0.637. The molecule has 0 amide bonds. The first-order valence-corrected chi connectivity index (χ1v) is 5.19. The van der Waals surface area contributed by atoms with Gasteiger partial charge in [0.25, 0.3) is 0 Å². The predicted octanol–water partition coefficient (Wildman–Crippen LogP) is 1.89. The Bertz CT molecular complexity index is 241. The molecule has 0 atom stereocenters. The van der Waals surface area contributed by atoms with Crippen molar-refractivity contribution >= 4 is 11.9 Å². The van der Waals surface area contributed by atoms with E-state index in [0.29, 0.717) is 0 Å². The Kier molecular flexibility index (Phi) is 1.90. The normalized spacial score (nSPS) is 16.5. The van der Waals surface area contributed by atoms with Gasteiger partial charge >= 0.3 is 0 Å². The Labute approximate surface area is 71.1 Å². The molecule has 2 nitrogen and oxygen atoms in total. The number of aryl methyl sites for hydroxylation is 1. The zero-order valence-corrected chi connectivity index (χ0v) is 7.52. The second-order valence-electron chi connectivity index (χ2n) is 2.85. The number of imidazole rings is 1. The van der Waals surface area contributed by atoms with Gasteiger partial charge in [0, 0.05) is 6.26 Å². The number of fused-ring (bicyclic) bond motifs is 1. The van der Waals surface area contributed by atoms with Crippen LogP contribution in [-0.2, 0) is 12.8 Å². The molecule has 0 saturated heterocycles. The van der Waals surface area contributed by atoms with Crippen LogP contribution in [0.4, 0.5) is 0 Å². The van der Waals surface area contributed by atoms with Crippen molar-refractivity contribution in [3.05, 3.63) is 17.7 Å². The van der Waals surface area contributed by atoms with Crippen molar-refractivity contribution in [2.75, 3.05) is 6.26 Å². The first-order chi connectivity index (χ1) is 5.42. The van der Waals surface area contributed by atoms with Gasteiger partial charge in [-0.25, -0.2) is 4.98 Å². The Hall–Kier alpha value is -0.440. The fraction of sp³-hybridized carbons (Fsp3) is 0.625. The molecular formula is C8H12N2S. The van der Waals surface area contributed by atoms with Gasteiger partial charge in [-0.1, -0.05) is 0 Å². The number of rotatable bonds is 1. The molecule has 0 bridgehead atoms. The van der Waals surface area contributed by atoms with Crippen molar-refractivity contribution < 1.29 is 0 Å². The molecule has 0 saturated carbocycles. The van der Waals surface area contributed by atoms with Crippen LogP contribution in [0.15, 0.2) is 6.33 Å². The highest BCUT2D eigenvalue weighted by atomic mass is 32.2. The van der Waals surface area contributed by atoms with E-state index < -0.39 is 0 Å². The highest BCUT2D eigenvalue weighted by Gasteiger charge is 2.14. The zero-order valence-electron chi connectivity index (χ0n) is 6.71. The lowest BCUT2D eigenvalue weighted by molar-refractivity contribution is 0.663. The van der Waals surface area contributed by atoms with E-state index in [4.69, 9.17) is 0 Å². The van der Waals surface area contributed by atoms with E-state index in [1.165, 1.54) is 37.1 Å². The van der Waals surface area contributed by atoms with Crippen LogP contribution in [0, 0.1) is 0 Å². The summed E-state index contributed by atoms with van der Waals surface area (Å²) in [6.07, 6.45) is 9.09. The average molecular weight is 168 g/mol. The van der Waals surface area contributed by atoms with Gasteiger partial charge in [-0.15, -0.1) is 0 Å². The SMILES string of the molecule is CSn1cnc2c1CCCC2. The van der Waals surface area contributed by atoms with Crippen molar-refractivity contribution in [3.8, 4) is 0 Å². The summed E-state index contributed by atoms with van der Waals surface area (Å²) in [7, 11) is 0. The van der Waals surface area contributed by atoms with Gasteiger partial charge in [-0.05, 0) is 37.6 Å². The van der Waals surface area contributed by atoms with E-state index in [2.05, 4.69) is 15.2 Å². The van der Waals surface area contributed by atoms with E-state index in [1.54, 1.807) is 11.9 Å². The van der Waals surface area contributed by atoms with Gasteiger partial charge in [0.2, 0.25) is 0 Å². The standard InChI is InChI=1S/C8H12N2S/c1-11-10-6-9-7-4-2-3-5-8(7)10/h6H,2-5H2,1H3. The molecule has 0 radical (unpaired) electrons. The van der Waals surface area contributed by atoms with E-state index in [1.807, 2.05) is 6.33 Å². The number of hydrogen-bond acceptors (Lipinski definition) is 2. The van der Waals surface area contributed by atoms with Crippen molar-refractivity contribution in [1.29, 1.82) is 0 Å². The summed E-state index contributed by atoms with van der Waals surface area (Å²) in [5, 5.41) is 0. The number of nitrogens with zero attached hydrogens (tertiary/aromatic N) is 2. The fourth-order valence-corrected chi connectivity index (χ4v) is 2.16. The summed E-state index contributed by atoms with van der Waals surface area (Å²) in [6.45, 7) is 0.